The van der Waals surface area contributed by atoms with Crippen molar-refractivity contribution in [2.24, 2.45) is 0 Å². The quantitative estimate of drug-likeness (QED) is 0.788. The third-order valence-electron chi connectivity index (χ3n) is 3.05. The maximum absolute atomic E-state index is 13.6. The average Bonchev–Trinajstić information content (AvgIpc) is 2.65. The predicted molar refractivity (Wildman–Crippen MR) is 66.1 cm³/mol. The number of anilines is 1. The second kappa shape index (κ2) is 4.48. The van der Waals surface area contributed by atoms with Gasteiger partial charge in [-0.1, -0.05) is 6.07 Å². The molecule has 1 aromatic carbocycles. The minimum Gasteiger partial charge on any atom is -0.300 e. The number of ketones is 1. The number of amides is 1. The van der Waals surface area contributed by atoms with Crippen LogP contribution in [-0.2, 0) is 11.3 Å². The van der Waals surface area contributed by atoms with E-state index in [9.17, 15) is 18.4 Å². The average molecular weight is 274 g/mol. The summed E-state index contributed by atoms with van der Waals surface area (Å²) < 4.78 is 26.9. The van der Waals surface area contributed by atoms with Gasteiger partial charge < -0.3 is 4.90 Å². The van der Waals surface area contributed by atoms with E-state index in [4.69, 9.17) is 0 Å². The molecule has 0 saturated heterocycles. The summed E-state index contributed by atoms with van der Waals surface area (Å²) in [6.07, 6.45) is 3.08. The molecule has 0 fully saturated rings. The van der Waals surface area contributed by atoms with Gasteiger partial charge in [-0.15, -0.1) is 0 Å². The number of nitrogens with zero attached hydrogens (tertiary/aromatic N) is 2. The first-order chi connectivity index (χ1) is 9.58. The highest BCUT2D eigenvalue weighted by molar-refractivity contribution is 6.52. The normalized spacial score (nSPS) is 13.8. The molecule has 3 rings (SSSR count). The van der Waals surface area contributed by atoms with E-state index >= 15 is 0 Å². The molecule has 0 radical (unpaired) electrons. The van der Waals surface area contributed by atoms with E-state index in [0.29, 0.717) is 11.6 Å². The molecule has 0 atom stereocenters. The highest BCUT2D eigenvalue weighted by Gasteiger charge is 2.38. The summed E-state index contributed by atoms with van der Waals surface area (Å²) in [5, 5.41) is 0. The third kappa shape index (κ3) is 1.85. The first-order valence-electron chi connectivity index (χ1n) is 5.82. The Balaban J connectivity index is 2.06. The summed E-state index contributed by atoms with van der Waals surface area (Å²) in [6, 6.07) is 4.96. The van der Waals surface area contributed by atoms with E-state index in [-0.39, 0.29) is 17.8 Å². The van der Waals surface area contributed by atoms with Gasteiger partial charge in [-0.25, -0.2) is 8.78 Å². The van der Waals surface area contributed by atoms with Crippen molar-refractivity contribution in [3.05, 3.63) is 59.4 Å². The van der Waals surface area contributed by atoms with E-state index in [1.165, 1.54) is 6.20 Å². The molecule has 0 spiro atoms. The molecule has 6 heteroatoms. The maximum Gasteiger partial charge on any atom is 0.299 e. The number of aromatic nitrogens is 1. The summed E-state index contributed by atoms with van der Waals surface area (Å²) in [5.41, 5.74) is 0.243. The molecular formula is C14H8F2N2O2. The number of carbonyl (C=O) groups is 2. The lowest BCUT2D eigenvalue weighted by atomic mass is 10.1. The standard InChI is InChI=1S/C14H8F2N2O2/c15-9-4-10(16)12-11(5-9)18(14(20)13(12)19)7-8-2-1-3-17-6-8/h1-6H,7H2. The monoisotopic (exact) mass is 274 g/mol. The molecule has 0 saturated carbocycles. The molecule has 1 amide bonds. The van der Waals surface area contributed by atoms with E-state index in [1.54, 1.807) is 18.3 Å². The van der Waals surface area contributed by atoms with Crippen LogP contribution in [0.3, 0.4) is 0 Å². The fraction of sp³-hybridized carbons (Fsp3) is 0.0714. The Morgan fingerprint density at radius 2 is 2.00 bits per heavy atom. The fourth-order valence-corrected chi connectivity index (χ4v) is 2.17. The fourth-order valence-electron chi connectivity index (χ4n) is 2.17. The lowest BCUT2D eigenvalue weighted by Crippen LogP contribution is -2.29. The number of carbonyl (C=O) groups excluding carboxylic acids is 2. The first kappa shape index (κ1) is 12.4. The zero-order valence-corrected chi connectivity index (χ0v) is 10.1. The van der Waals surface area contributed by atoms with Crippen molar-refractivity contribution in [1.82, 2.24) is 4.98 Å². The summed E-state index contributed by atoms with van der Waals surface area (Å²) in [5.74, 6) is -3.68. The number of fused-ring (bicyclic) bond motifs is 1. The molecule has 4 nitrogen and oxygen atoms in total. The van der Waals surface area contributed by atoms with E-state index in [0.717, 1.165) is 11.0 Å². The molecule has 0 bridgehead atoms. The smallest absolute Gasteiger partial charge is 0.299 e. The minimum absolute atomic E-state index is 0.0360. The lowest BCUT2D eigenvalue weighted by Gasteiger charge is -2.16. The van der Waals surface area contributed by atoms with E-state index in [1.807, 2.05) is 0 Å². The van der Waals surface area contributed by atoms with Crippen molar-refractivity contribution in [1.29, 1.82) is 0 Å². The van der Waals surface area contributed by atoms with Crippen LogP contribution in [-0.4, -0.2) is 16.7 Å². The van der Waals surface area contributed by atoms with Crippen molar-refractivity contribution in [3.8, 4) is 0 Å². The number of benzene rings is 1. The summed E-state index contributed by atoms with van der Waals surface area (Å²) in [6.45, 7) is 0.0360. The molecule has 20 heavy (non-hydrogen) atoms. The Hall–Kier alpha value is -2.63. The van der Waals surface area contributed by atoms with Crippen molar-refractivity contribution < 1.29 is 18.4 Å². The number of rotatable bonds is 2. The maximum atomic E-state index is 13.6. The molecule has 1 aliphatic rings. The molecule has 2 aromatic rings. The SMILES string of the molecule is O=C1C(=O)N(Cc2cccnc2)c2cc(F)cc(F)c21. The minimum atomic E-state index is -1.02. The molecule has 1 aromatic heterocycles. The van der Waals surface area contributed by atoms with Crippen molar-refractivity contribution in [3.63, 3.8) is 0 Å². The van der Waals surface area contributed by atoms with Crippen LogP contribution >= 0.6 is 0 Å². The first-order valence-corrected chi connectivity index (χ1v) is 5.82. The van der Waals surface area contributed by atoms with Gasteiger partial charge in [-0.05, 0) is 17.7 Å². The molecule has 100 valence electrons. The summed E-state index contributed by atoms with van der Waals surface area (Å²) in [4.78, 5) is 28.6. The Morgan fingerprint density at radius 1 is 1.20 bits per heavy atom. The van der Waals surface area contributed by atoms with Crippen LogP contribution in [0.2, 0.25) is 0 Å². The van der Waals surface area contributed by atoms with Gasteiger partial charge in [0.2, 0.25) is 0 Å². The second-order valence-corrected chi connectivity index (χ2v) is 4.36. The van der Waals surface area contributed by atoms with Crippen LogP contribution in [0.1, 0.15) is 15.9 Å². The van der Waals surface area contributed by atoms with E-state index < -0.39 is 23.3 Å². The molecule has 0 N–H and O–H groups in total. The van der Waals surface area contributed by atoms with Gasteiger partial charge in [0.15, 0.2) is 0 Å². The van der Waals surface area contributed by atoms with Crippen LogP contribution in [0, 0.1) is 11.6 Å². The number of Topliss-reactive ketones (excluding diaryl/α,β-unsaturated/α-hetero) is 1. The number of halogens is 2. The Kier molecular flexibility index (Phi) is 2.78. The van der Waals surface area contributed by atoms with Gasteiger partial charge in [-0.3, -0.25) is 14.6 Å². The number of hydrogen-bond acceptors (Lipinski definition) is 3. The number of pyridine rings is 1. The highest BCUT2D eigenvalue weighted by atomic mass is 19.1. The van der Waals surface area contributed by atoms with Crippen LogP contribution in [0.15, 0.2) is 36.7 Å². The van der Waals surface area contributed by atoms with E-state index in [2.05, 4.69) is 4.98 Å². The molecule has 2 heterocycles. The third-order valence-corrected chi connectivity index (χ3v) is 3.05. The van der Waals surface area contributed by atoms with Crippen LogP contribution in [0.25, 0.3) is 0 Å². The summed E-state index contributed by atoms with van der Waals surface area (Å²) in [7, 11) is 0. The van der Waals surface area contributed by atoms with Crippen molar-refractivity contribution in [2.45, 2.75) is 6.54 Å². The predicted octanol–water partition coefficient (Wildman–Crippen LogP) is 2.09. The zero-order valence-electron chi connectivity index (χ0n) is 10.1. The number of hydrogen-bond donors (Lipinski definition) is 0. The second-order valence-electron chi connectivity index (χ2n) is 4.36. The van der Waals surface area contributed by atoms with Gasteiger partial charge >= 0.3 is 0 Å². The molecule has 1 aliphatic heterocycles. The van der Waals surface area contributed by atoms with Gasteiger partial charge in [-0.2, -0.15) is 0 Å². The van der Waals surface area contributed by atoms with Crippen LogP contribution < -0.4 is 4.90 Å². The zero-order chi connectivity index (χ0) is 14.3. The molecule has 0 unspecified atom stereocenters. The highest BCUT2D eigenvalue weighted by Crippen LogP contribution is 2.32. The van der Waals surface area contributed by atoms with Gasteiger partial charge in [0.1, 0.15) is 11.6 Å². The van der Waals surface area contributed by atoms with Gasteiger partial charge in [0.05, 0.1) is 17.8 Å². The lowest BCUT2D eigenvalue weighted by molar-refractivity contribution is -0.114. The Bertz CT molecular complexity index is 717. The topological polar surface area (TPSA) is 50.3 Å². The Morgan fingerprint density at radius 3 is 2.70 bits per heavy atom. The van der Waals surface area contributed by atoms with Gasteiger partial charge in [0, 0.05) is 18.5 Å². The van der Waals surface area contributed by atoms with Crippen molar-refractivity contribution >= 4 is 17.4 Å². The van der Waals surface area contributed by atoms with Crippen molar-refractivity contribution in [2.75, 3.05) is 4.90 Å². The van der Waals surface area contributed by atoms with Crippen LogP contribution in [0.4, 0.5) is 14.5 Å². The molecular weight excluding hydrogens is 266 g/mol. The van der Waals surface area contributed by atoms with Gasteiger partial charge in [0.25, 0.3) is 11.7 Å². The Labute approximate surface area is 112 Å². The summed E-state index contributed by atoms with van der Waals surface area (Å²) >= 11 is 0. The van der Waals surface area contributed by atoms with Crippen LogP contribution in [0.5, 0.6) is 0 Å². The largest absolute Gasteiger partial charge is 0.300 e. The molecule has 0 aliphatic carbocycles.